The summed E-state index contributed by atoms with van der Waals surface area (Å²) in [5.41, 5.74) is 1.55. The summed E-state index contributed by atoms with van der Waals surface area (Å²) in [4.78, 5) is 84.9. The molecule has 0 spiro atoms. The molecule has 2 aromatic carbocycles. The number of ether oxygens (including phenoxy) is 8. The third-order valence-corrected chi connectivity index (χ3v) is 15.1. The number of isothiocyanates is 2. The van der Waals surface area contributed by atoms with Crippen LogP contribution in [0.1, 0.15) is 67.9 Å². The predicted octanol–water partition coefficient (Wildman–Crippen LogP) is -2.89. The maximum atomic E-state index is 11.4. The number of carboxylic acid groups (broad SMARTS) is 1. The first kappa shape index (κ1) is 100.0. The Morgan fingerprint density at radius 3 is 1.19 bits per heavy atom. The molecule has 2 atom stereocenters. The summed E-state index contributed by atoms with van der Waals surface area (Å²) in [6.07, 6.45) is 5.80. The molecular formula is C67H78F3N10Na3O19S3-2. The number of rotatable bonds is 15. The molecular weight excluding hydrogens is 1470 g/mol. The van der Waals surface area contributed by atoms with Crippen LogP contribution in [0.5, 0.6) is 0 Å². The van der Waals surface area contributed by atoms with Crippen molar-refractivity contribution in [1.82, 2.24) is 39.5 Å². The zero-order valence-corrected chi connectivity index (χ0v) is 66.8. The Kier molecular flexibility index (Phi) is 56.1. The number of carboxylic acids is 1. The van der Waals surface area contributed by atoms with Crippen LogP contribution >= 0.6 is 24.4 Å². The SMILES string of the molecule is O=C(O)c1cccc(CN2CCOCCOCCN(C(c3ccc(N=C=S)cc3)c3ccccn3)CCOCCOCC2)n1.O=C=O.O=S(=O)([O-])C(F)(F)F.O=[C-]c1cccc(CN2CCOCCOCCN(C(c3ccc(N=C=S)cc3)c3cccc([C-]=O)n3)CCOCCOCC2)n1.[Na+].[Na+].[Na+].[OH-].[OH-]. The van der Waals surface area contributed by atoms with E-state index in [1.54, 1.807) is 24.3 Å². The molecule has 6 aromatic rings. The first-order valence-electron chi connectivity index (χ1n) is 31.2. The molecule has 554 valence electrons. The van der Waals surface area contributed by atoms with Crippen LogP contribution in [0.2, 0.25) is 0 Å². The van der Waals surface area contributed by atoms with Crippen LogP contribution in [0.25, 0.3) is 0 Å². The van der Waals surface area contributed by atoms with Crippen LogP contribution in [0, 0.1) is 0 Å². The molecule has 0 bridgehead atoms. The average molecular weight is 1550 g/mol. The molecule has 0 saturated carbocycles. The Hall–Kier alpha value is -5.03. The second-order valence-corrected chi connectivity index (χ2v) is 22.9. The average Bonchev–Trinajstić information content (AvgIpc) is 0.900. The van der Waals surface area contributed by atoms with Crippen LogP contribution in [-0.2, 0) is 80.3 Å². The van der Waals surface area contributed by atoms with Crippen LogP contribution in [0.3, 0.4) is 0 Å². The molecule has 8 rings (SSSR count). The third kappa shape index (κ3) is 40.3. The van der Waals surface area contributed by atoms with Gasteiger partial charge in [-0.1, -0.05) is 59.9 Å². The number of alkyl halides is 3. The fourth-order valence-corrected chi connectivity index (χ4v) is 9.95. The Morgan fingerprint density at radius 2 is 0.848 bits per heavy atom. The zero-order valence-electron chi connectivity index (χ0n) is 58.4. The van der Waals surface area contributed by atoms with E-state index in [4.69, 9.17) is 84.9 Å². The van der Waals surface area contributed by atoms with E-state index >= 15 is 0 Å². The minimum absolute atomic E-state index is 0. The van der Waals surface area contributed by atoms with Crippen molar-refractivity contribution >= 4 is 80.9 Å². The van der Waals surface area contributed by atoms with Gasteiger partial charge in [0.2, 0.25) is 0 Å². The molecule has 4 aromatic heterocycles. The summed E-state index contributed by atoms with van der Waals surface area (Å²) in [6.45, 7) is 13.8. The van der Waals surface area contributed by atoms with E-state index in [0.717, 1.165) is 28.2 Å². The number of hydrogen-bond donors (Lipinski definition) is 1. The number of hydrogen-bond acceptors (Lipinski definition) is 30. The number of halogens is 3. The van der Waals surface area contributed by atoms with Crippen LogP contribution in [0.4, 0.5) is 24.5 Å². The van der Waals surface area contributed by atoms with Gasteiger partial charge in [-0.15, -0.1) is 12.1 Å². The predicted molar refractivity (Wildman–Crippen MR) is 364 cm³/mol. The van der Waals surface area contributed by atoms with E-state index in [9.17, 15) is 32.7 Å². The van der Waals surface area contributed by atoms with Crippen molar-refractivity contribution < 1.29 is 193 Å². The van der Waals surface area contributed by atoms with E-state index in [1.165, 1.54) is 6.07 Å². The maximum Gasteiger partial charge on any atom is 1.00 e. The molecule has 29 nitrogen and oxygen atoms in total. The third-order valence-electron chi connectivity index (χ3n) is 14.4. The Bertz CT molecular complexity index is 3610. The number of aromatic carboxylic acids is 1. The summed E-state index contributed by atoms with van der Waals surface area (Å²) in [7, 11) is -6.09. The summed E-state index contributed by atoms with van der Waals surface area (Å²) in [5, 5.41) is 14.1. The standard InChI is InChI=1S/C33H37N5O6S.C32H39N5O6S.CHF3O3S.CO2.3Na.2H2O/c39-24-30-4-1-3-29(35-30)23-37-11-15-41-19-21-43-17-13-38(14-18-44-22-20-42-16-12-37)33(32-6-2-5-31(25-40)36-32)27-7-9-28(10-8-27)34-26-45;38-32(39)30-6-3-4-28(35-30)24-36-12-16-40-20-22-42-18-14-37(15-19-43-23-21-41-17-13-36)31(29-5-1-2-11-33-29)26-7-9-27(10-8-26)34-25-44;2-1(3,4)8(5,6)7;2-1-3;;;;;/h1-10,33H,11-23H2;1-11,31H,12-24H2,(H,38,39);(H,5,6,7);;;;;2*1H2/q-2;;;;3*+1;;/p-3. The van der Waals surface area contributed by atoms with Crippen molar-refractivity contribution in [1.29, 1.82) is 0 Å². The van der Waals surface area contributed by atoms with E-state index in [0.29, 0.717) is 194 Å². The molecule has 6 heterocycles. The number of aliphatic imine (C=N–C) groups is 2. The number of carbonyl (C=O) groups excluding carboxylic acids is 4. The number of nitrogens with zero attached hydrogens (tertiary/aromatic N) is 10. The van der Waals surface area contributed by atoms with Crippen molar-refractivity contribution in [3.63, 3.8) is 0 Å². The van der Waals surface area contributed by atoms with Gasteiger partial charge in [0.15, 0.2) is 10.1 Å². The van der Waals surface area contributed by atoms with Gasteiger partial charge >= 0.3 is 106 Å². The summed E-state index contributed by atoms with van der Waals surface area (Å²) >= 11 is 9.51. The molecule has 2 fully saturated rings. The number of benzene rings is 2. The Labute approximate surface area is 684 Å². The first-order valence-corrected chi connectivity index (χ1v) is 33.4. The number of thiocarbonyl (C=S) groups is 2. The Morgan fingerprint density at radius 1 is 0.514 bits per heavy atom. The molecule has 38 heteroatoms. The smallest absolute Gasteiger partial charge is 0.870 e. The number of aromatic nitrogens is 4. The Balaban J connectivity index is 0.00000173. The van der Waals surface area contributed by atoms with Gasteiger partial charge in [-0.05, 0) is 84.1 Å². The number of carbonyl (C=O) groups is 1. The van der Waals surface area contributed by atoms with Gasteiger partial charge in [0.1, 0.15) is 5.69 Å². The molecule has 0 radical (unpaired) electrons. The van der Waals surface area contributed by atoms with Gasteiger partial charge in [0, 0.05) is 89.9 Å². The second-order valence-electron chi connectivity index (χ2n) is 21.1. The molecule has 0 amide bonds. The molecule has 2 unspecified atom stereocenters. The van der Waals surface area contributed by atoms with Crippen LogP contribution in [-0.4, -0.2) is 267 Å². The normalized spacial score (nSPS) is 16.2. The van der Waals surface area contributed by atoms with Gasteiger partial charge in [-0.3, -0.25) is 34.6 Å². The molecule has 2 aliphatic heterocycles. The van der Waals surface area contributed by atoms with Gasteiger partial charge in [0.05, 0.1) is 157 Å². The number of pyridine rings is 4. The van der Waals surface area contributed by atoms with Crippen molar-refractivity contribution in [2.24, 2.45) is 9.98 Å². The minimum atomic E-state index is -6.09. The molecule has 0 aliphatic carbocycles. The van der Waals surface area contributed by atoms with Crippen molar-refractivity contribution in [3.05, 3.63) is 179 Å². The largest absolute Gasteiger partial charge is 1.00 e. The van der Waals surface area contributed by atoms with Gasteiger partial charge in [-0.2, -0.15) is 44.9 Å². The van der Waals surface area contributed by atoms with E-state index in [2.05, 4.69) is 59.8 Å². The summed E-state index contributed by atoms with van der Waals surface area (Å²) < 4.78 is 106. The van der Waals surface area contributed by atoms with Crippen LogP contribution in [0.15, 0.2) is 138 Å². The fraction of sp³-hybridized carbons (Fsp3) is 0.433. The second kappa shape index (κ2) is 58.9. The minimum Gasteiger partial charge on any atom is -0.870 e. The molecule has 105 heavy (non-hydrogen) atoms. The van der Waals surface area contributed by atoms with Crippen molar-refractivity contribution in [2.45, 2.75) is 30.7 Å². The van der Waals surface area contributed by atoms with E-state index in [1.807, 2.05) is 110 Å². The van der Waals surface area contributed by atoms with E-state index < -0.39 is 21.6 Å². The van der Waals surface area contributed by atoms with E-state index in [-0.39, 0.29) is 129 Å². The van der Waals surface area contributed by atoms with Crippen LogP contribution < -0.4 is 88.7 Å². The van der Waals surface area contributed by atoms with Gasteiger partial charge in [-0.25, -0.2) is 18.2 Å². The monoisotopic (exact) mass is 1550 g/mol. The van der Waals surface area contributed by atoms with Crippen molar-refractivity contribution in [3.8, 4) is 0 Å². The van der Waals surface area contributed by atoms with Crippen molar-refractivity contribution in [2.75, 3.05) is 158 Å². The van der Waals surface area contributed by atoms with Gasteiger partial charge < -0.3 is 68.1 Å². The fourth-order valence-electron chi connectivity index (χ4n) is 9.74. The molecule has 3 N–H and O–H groups in total. The first-order chi connectivity index (χ1) is 48.5. The quantitative estimate of drug-likeness (QED) is 0.0269. The molecule has 2 aliphatic rings. The summed E-state index contributed by atoms with van der Waals surface area (Å²) in [5.74, 6) is -1.04. The zero-order chi connectivity index (χ0) is 72.1. The summed E-state index contributed by atoms with van der Waals surface area (Å²) in [6, 6.07) is 36.9. The molecule has 2 saturated heterocycles. The maximum absolute atomic E-state index is 11.4. The topological polar surface area (TPSA) is 386 Å². The van der Waals surface area contributed by atoms with Gasteiger partial charge in [0.25, 0.3) is 0 Å².